The summed E-state index contributed by atoms with van der Waals surface area (Å²) in [4.78, 5) is 24.7. The van der Waals surface area contributed by atoms with Gasteiger partial charge in [-0.2, -0.15) is 0 Å². The second kappa shape index (κ2) is 7.28. The Hall–Kier alpha value is -3.07. The molecule has 1 heterocycles. The lowest BCUT2D eigenvalue weighted by atomic mass is 10.2. The van der Waals surface area contributed by atoms with Gasteiger partial charge in [0, 0.05) is 12.6 Å². The van der Waals surface area contributed by atoms with Crippen molar-refractivity contribution in [3.63, 3.8) is 0 Å². The first-order valence-corrected chi connectivity index (χ1v) is 9.56. The Morgan fingerprint density at radius 3 is 2.48 bits per heavy atom. The van der Waals surface area contributed by atoms with Crippen LogP contribution in [0.2, 0.25) is 0 Å². The van der Waals surface area contributed by atoms with Crippen molar-refractivity contribution in [2.45, 2.75) is 11.8 Å². The first-order chi connectivity index (χ1) is 12.8. The molecule has 0 spiro atoms. The van der Waals surface area contributed by atoms with E-state index in [1.165, 1.54) is 61.4 Å². The van der Waals surface area contributed by atoms with Crippen molar-refractivity contribution in [2.24, 2.45) is 0 Å². The van der Waals surface area contributed by atoms with Gasteiger partial charge in [0.2, 0.25) is 5.91 Å². The Bertz CT molecular complexity index is 985. The van der Waals surface area contributed by atoms with E-state index in [-0.39, 0.29) is 10.8 Å². The van der Waals surface area contributed by atoms with Crippen LogP contribution in [0.25, 0.3) is 0 Å². The fourth-order valence-corrected chi connectivity index (χ4v) is 3.78. The van der Waals surface area contributed by atoms with E-state index in [0.717, 1.165) is 0 Å². The third kappa shape index (κ3) is 3.87. The number of esters is 1. The van der Waals surface area contributed by atoms with Crippen LogP contribution in [0.15, 0.2) is 47.4 Å². The molecular weight excluding hydrogens is 372 g/mol. The normalized spacial score (nSPS) is 13.3. The average molecular weight is 390 g/mol. The lowest BCUT2D eigenvalue weighted by Crippen LogP contribution is -2.36. The predicted octanol–water partition coefficient (Wildman–Crippen LogP) is 2.02. The second-order valence-corrected chi connectivity index (χ2v) is 7.51. The molecule has 1 aliphatic rings. The molecule has 0 radical (unpaired) electrons. The van der Waals surface area contributed by atoms with Gasteiger partial charge in [-0.25, -0.2) is 13.2 Å². The van der Waals surface area contributed by atoms with Crippen LogP contribution < -0.4 is 14.4 Å². The molecule has 2 aromatic carbocycles. The summed E-state index contributed by atoms with van der Waals surface area (Å²) in [5.74, 6) is -0.248. The molecule has 1 amide bonds. The number of rotatable bonds is 4. The highest BCUT2D eigenvalue weighted by Gasteiger charge is 2.24. The molecule has 0 aliphatic carbocycles. The number of sulfonamides is 1. The van der Waals surface area contributed by atoms with Gasteiger partial charge in [-0.05, 0) is 42.5 Å². The Morgan fingerprint density at radius 2 is 1.85 bits per heavy atom. The number of benzene rings is 2. The first kappa shape index (κ1) is 18.7. The molecular formula is C18H18N2O6S. The highest BCUT2D eigenvalue weighted by molar-refractivity contribution is 7.92. The fraction of sp³-hybridized carbons (Fsp3) is 0.222. The minimum atomic E-state index is -3.89. The van der Waals surface area contributed by atoms with Gasteiger partial charge in [-0.1, -0.05) is 0 Å². The number of carbonyl (C=O) groups excluding carboxylic acids is 2. The van der Waals surface area contributed by atoms with Crippen molar-refractivity contribution in [1.82, 2.24) is 0 Å². The Balaban J connectivity index is 1.88. The zero-order valence-electron chi connectivity index (χ0n) is 14.8. The molecule has 1 N–H and O–H groups in total. The van der Waals surface area contributed by atoms with Crippen molar-refractivity contribution in [3.8, 4) is 5.75 Å². The summed E-state index contributed by atoms with van der Waals surface area (Å²) in [6.07, 6.45) is 0. The topological polar surface area (TPSA) is 102 Å². The number of hydrogen-bond donors (Lipinski definition) is 1. The molecule has 0 fully saturated rings. The summed E-state index contributed by atoms with van der Waals surface area (Å²) >= 11 is 0. The van der Waals surface area contributed by atoms with Crippen LogP contribution >= 0.6 is 0 Å². The number of anilines is 2. The van der Waals surface area contributed by atoms with Gasteiger partial charge in [0.15, 0.2) is 0 Å². The Morgan fingerprint density at radius 1 is 1.15 bits per heavy atom. The van der Waals surface area contributed by atoms with E-state index < -0.39 is 16.0 Å². The van der Waals surface area contributed by atoms with E-state index in [1.54, 1.807) is 0 Å². The molecule has 0 unspecified atom stereocenters. The fourth-order valence-electron chi connectivity index (χ4n) is 2.70. The summed E-state index contributed by atoms with van der Waals surface area (Å²) < 4.78 is 37.9. The maximum Gasteiger partial charge on any atom is 0.337 e. The van der Waals surface area contributed by atoms with Gasteiger partial charge in [0.25, 0.3) is 10.0 Å². The van der Waals surface area contributed by atoms with Crippen molar-refractivity contribution in [2.75, 3.05) is 29.9 Å². The van der Waals surface area contributed by atoms with Crippen molar-refractivity contribution >= 4 is 33.3 Å². The van der Waals surface area contributed by atoms with Crippen LogP contribution in [0.4, 0.5) is 11.4 Å². The number of methoxy groups -OCH3 is 1. The SMILES string of the molecule is COC(=O)c1ccc(NS(=O)(=O)c2ccc3c(c2)N(C(C)=O)CCO3)cc1. The van der Waals surface area contributed by atoms with Gasteiger partial charge in [0.05, 0.1) is 29.8 Å². The zero-order valence-corrected chi connectivity index (χ0v) is 15.6. The van der Waals surface area contributed by atoms with Gasteiger partial charge in [-0.3, -0.25) is 9.52 Å². The number of carbonyl (C=O) groups is 2. The molecule has 0 atom stereocenters. The van der Waals surface area contributed by atoms with E-state index in [9.17, 15) is 18.0 Å². The summed E-state index contributed by atoms with van der Waals surface area (Å²) in [6, 6.07) is 10.2. The number of fused-ring (bicyclic) bond motifs is 1. The second-order valence-electron chi connectivity index (χ2n) is 5.82. The highest BCUT2D eigenvalue weighted by Crippen LogP contribution is 2.34. The van der Waals surface area contributed by atoms with E-state index in [0.29, 0.717) is 35.8 Å². The number of amides is 1. The highest BCUT2D eigenvalue weighted by atomic mass is 32.2. The standard InChI is InChI=1S/C18H18N2O6S/c1-12(21)20-9-10-26-17-8-7-15(11-16(17)20)27(23,24)19-14-5-3-13(4-6-14)18(22)25-2/h3-8,11,19H,9-10H2,1-2H3. The molecule has 9 heteroatoms. The minimum Gasteiger partial charge on any atom is -0.490 e. The zero-order chi connectivity index (χ0) is 19.6. The third-order valence-corrected chi connectivity index (χ3v) is 5.42. The van der Waals surface area contributed by atoms with Crippen molar-refractivity contribution in [3.05, 3.63) is 48.0 Å². The number of nitrogens with one attached hydrogen (secondary N) is 1. The summed E-state index contributed by atoms with van der Waals surface area (Å²) in [6.45, 7) is 2.12. The summed E-state index contributed by atoms with van der Waals surface area (Å²) in [7, 11) is -2.63. The molecule has 0 aromatic heterocycles. The van der Waals surface area contributed by atoms with Crippen LogP contribution in [0.3, 0.4) is 0 Å². The van der Waals surface area contributed by atoms with Crippen LogP contribution in [0.5, 0.6) is 5.75 Å². The minimum absolute atomic E-state index is 0.00459. The number of hydrogen-bond acceptors (Lipinski definition) is 6. The van der Waals surface area contributed by atoms with E-state index in [4.69, 9.17) is 4.74 Å². The third-order valence-electron chi connectivity index (χ3n) is 4.04. The summed E-state index contributed by atoms with van der Waals surface area (Å²) in [5, 5.41) is 0. The number of ether oxygens (including phenoxy) is 2. The lowest BCUT2D eigenvalue weighted by molar-refractivity contribution is -0.116. The Labute approximate surface area is 156 Å². The molecule has 27 heavy (non-hydrogen) atoms. The monoisotopic (exact) mass is 390 g/mol. The summed E-state index contributed by atoms with van der Waals surface area (Å²) in [5.41, 5.74) is 1.01. The van der Waals surface area contributed by atoms with Crippen LogP contribution in [-0.4, -0.2) is 40.6 Å². The molecule has 142 valence electrons. The largest absolute Gasteiger partial charge is 0.490 e. The van der Waals surface area contributed by atoms with Crippen LogP contribution in [-0.2, 0) is 19.6 Å². The quantitative estimate of drug-likeness (QED) is 0.802. The Kier molecular flexibility index (Phi) is 5.04. The van der Waals surface area contributed by atoms with Crippen LogP contribution in [0, 0.1) is 0 Å². The molecule has 0 saturated heterocycles. The van der Waals surface area contributed by atoms with Gasteiger partial charge < -0.3 is 14.4 Å². The molecule has 0 bridgehead atoms. The van der Waals surface area contributed by atoms with Gasteiger partial charge >= 0.3 is 5.97 Å². The van der Waals surface area contributed by atoms with Crippen LogP contribution in [0.1, 0.15) is 17.3 Å². The smallest absolute Gasteiger partial charge is 0.337 e. The lowest BCUT2D eigenvalue weighted by Gasteiger charge is -2.29. The first-order valence-electron chi connectivity index (χ1n) is 8.08. The molecule has 8 nitrogen and oxygen atoms in total. The van der Waals surface area contributed by atoms with E-state index >= 15 is 0 Å². The van der Waals surface area contributed by atoms with E-state index in [1.807, 2.05) is 0 Å². The van der Waals surface area contributed by atoms with E-state index in [2.05, 4.69) is 9.46 Å². The maximum absolute atomic E-state index is 12.7. The molecule has 0 saturated carbocycles. The predicted molar refractivity (Wildman–Crippen MR) is 98.6 cm³/mol. The molecule has 3 rings (SSSR count). The number of nitrogens with zero attached hydrogens (tertiary/aromatic N) is 1. The maximum atomic E-state index is 12.7. The van der Waals surface area contributed by atoms with Crippen molar-refractivity contribution < 1.29 is 27.5 Å². The van der Waals surface area contributed by atoms with Gasteiger partial charge in [-0.15, -0.1) is 0 Å². The average Bonchev–Trinajstić information content (AvgIpc) is 2.66. The molecule has 2 aromatic rings. The molecule has 1 aliphatic heterocycles. The van der Waals surface area contributed by atoms with Crippen molar-refractivity contribution in [1.29, 1.82) is 0 Å². The van der Waals surface area contributed by atoms with Gasteiger partial charge in [0.1, 0.15) is 12.4 Å².